The molecule has 0 heterocycles. The molecule has 17 heavy (non-hydrogen) atoms. The smallest absolute Gasteiger partial charge is 0.182 e. The molecule has 0 aliphatic rings. The first-order valence-corrected chi connectivity index (χ1v) is 6.81. The summed E-state index contributed by atoms with van der Waals surface area (Å²) in [7, 11) is -0.395. The second kappa shape index (κ2) is 5.88. The molecule has 0 aromatic heterocycles. The van der Waals surface area contributed by atoms with E-state index in [-0.39, 0.29) is 16.4 Å². The molecular formula is C11H17NO4S. The maximum Gasteiger partial charge on any atom is 0.182 e. The lowest BCUT2D eigenvalue weighted by Gasteiger charge is -2.10. The van der Waals surface area contributed by atoms with E-state index in [0.29, 0.717) is 18.7 Å². The fourth-order valence-electron chi connectivity index (χ4n) is 1.44. The van der Waals surface area contributed by atoms with Gasteiger partial charge in [-0.05, 0) is 18.6 Å². The summed E-state index contributed by atoms with van der Waals surface area (Å²) in [4.78, 5) is 0.172. The van der Waals surface area contributed by atoms with E-state index in [4.69, 9.17) is 15.2 Å². The second-order valence-corrected chi connectivity index (χ2v) is 5.65. The Kier molecular flexibility index (Phi) is 4.77. The number of ether oxygens (including phenoxy) is 2. The summed E-state index contributed by atoms with van der Waals surface area (Å²) in [5.41, 5.74) is 6.04. The van der Waals surface area contributed by atoms with E-state index in [2.05, 4.69) is 0 Å². The Balaban J connectivity index is 2.98. The van der Waals surface area contributed by atoms with Crippen LogP contribution in [0.5, 0.6) is 5.75 Å². The number of hydrogen-bond donors (Lipinski definition) is 1. The molecule has 1 rings (SSSR count). The van der Waals surface area contributed by atoms with Crippen LogP contribution in [0, 0.1) is 0 Å². The number of sulfone groups is 1. The number of nitrogen functional groups attached to an aromatic ring is 1. The third kappa shape index (κ3) is 3.61. The lowest BCUT2D eigenvalue weighted by atomic mass is 10.3. The van der Waals surface area contributed by atoms with Gasteiger partial charge in [-0.3, -0.25) is 0 Å². The molecule has 0 radical (unpaired) electrons. The molecule has 0 saturated heterocycles. The molecule has 0 aliphatic carbocycles. The Hall–Kier alpha value is -1.27. The Bertz CT molecular complexity index is 470. The molecule has 96 valence electrons. The van der Waals surface area contributed by atoms with Gasteiger partial charge in [0.15, 0.2) is 9.84 Å². The third-order valence-electron chi connectivity index (χ3n) is 2.28. The van der Waals surface area contributed by atoms with E-state index in [1.54, 1.807) is 6.07 Å². The van der Waals surface area contributed by atoms with E-state index in [1.165, 1.54) is 26.4 Å². The van der Waals surface area contributed by atoms with Gasteiger partial charge in [-0.25, -0.2) is 8.42 Å². The molecule has 6 heteroatoms. The van der Waals surface area contributed by atoms with Crippen molar-refractivity contribution in [1.29, 1.82) is 0 Å². The molecule has 0 fully saturated rings. The number of nitrogens with two attached hydrogens (primary N) is 1. The summed E-state index contributed by atoms with van der Waals surface area (Å²) >= 11 is 0. The van der Waals surface area contributed by atoms with Gasteiger partial charge in [0.05, 0.1) is 12.9 Å². The van der Waals surface area contributed by atoms with Crippen molar-refractivity contribution < 1.29 is 17.9 Å². The van der Waals surface area contributed by atoms with Crippen LogP contribution < -0.4 is 10.5 Å². The van der Waals surface area contributed by atoms with Crippen molar-refractivity contribution >= 4 is 15.5 Å². The van der Waals surface area contributed by atoms with Crippen molar-refractivity contribution in [3.8, 4) is 5.75 Å². The normalized spacial score (nSPS) is 11.4. The van der Waals surface area contributed by atoms with Crippen LogP contribution in [-0.4, -0.2) is 35.0 Å². The van der Waals surface area contributed by atoms with Gasteiger partial charge in [-0.2, -0.15) is 0 Å². The lowest BCUT2D eigenvalue weighted by Crippen LogP contribution is -2.10. The van der Waals surface area contributed by atoms with Gasteiger partial charge in [-0.1, -0.05) is 0 Å². The number of anilines is 1. The van der Waals surface area contributed by atoms with Gasteiger partial charge < -0.3 is 15.2 Å². The quantitative estimate of drug-likeness (QED) is 0.611. The van der Waals surface area contributed by atoms with Crippen molar-refractivity contribution in [3.05, 3.63) is 18.2 Å². The summed E-state index contributed by atoms with van der Waals surface area (Å²) < 4.78 is 33.9. The highest BCUT2D eigenvalue weighted by molar-refractivity contribution is 7.91. The van der Waals surface area contributed by atoms with Crippen LogP contribution in [0.4, 0.5) is 5.69 Å². The van der Waals surface area contributed by atoms with Crippen molar-refractivity contribution in [1.82, 2.24) is 0 Å². The van der Waals surface area contributed by atoms with Crippen LogP contribution in [0.3, 0.4) is 0 Å². The SMILES string of the molecule is COCCCS(=O)(=O)c1ccc(N)cc1OC. The first-order valence-electron chi connectivity index (χ1n) is 5.16. The maximum absolute atomic E-state index is 12.0. The predicted octanol–water partition coefficient (Wildman–Crippen LogP) is 1.09. The molecule has 1 aromatic carbocycles. The van der Waals surface area contributed by atoms with Crippen LogP contribution in [0.1, 0.15) is 6.42 Å². The Morgan fingerprint density at radius 1 is 1.29 bits per heavy atom. The number of hydrogen-bond acceptors (Lipinski definition) is 5. The molecular weight excluding hydrogens is 242 g/mol. The van der Waals surface area contributed by atoms with Gasteiger partial charge in [-0.15, -0.1) is 0 Å². The highest BCUT2D eigenvalue weighted by Crippen LogP contribution is 2.27. The maximum atomic E-state index is 12.0. The van der Waals surface area contributed by atoms with E-state index < -0.39 is 9.84 Å². The van der Waals surface area contributed by atoms with Crippen LogP contribution in [0.15, 0.2) is 23.1 Å². The molecule has 0 atom stereocenters. The lowest BCUT2D eigenvalue weighted by molar-refractivity contribution is 0.199. The molecule has 1 aromatic rings. The van der Waals surface area contributed by atoms with Crippen molar-refractivity contribution in [2.45, 2.75) is 11.3 Å². The van der Waals surface area contributed by atoms with E-state index in [9.17, 15) is 8.42 Å². The second-order valence-electron chi connectivity index (χ2n) is 3.58. The Morgan fingerprint density at radius 3 is 2.59 bits per heavy atom. The zero-order chi connectivity index (χ0) is 12.9. The molecule has 0 unspecified atom stereocenters. The summed E-state index contributed by atoms with van der Waals surface area (Å²) in [5.74, 6) is 0.309. The van der Waals surface area contributed by atoms with Crippen molar-refractivity contribution in [2.75, 3.05) is 32.3 Å². The summed E-state index contributed by atoms with van der Waals surface area (Å²) in [6.07, 6.45) is 0.451. The average molecular weight is 259 g/mol. The van der Waals surface area contributed by atoms with Crippen molar-refractivity contribution in [3.63, 3.8) is 0 Å². The van der Waals surface area contributed by atoms with Gasteiger partial charge in [0, 0.05) is 25.5 Å². The molecule has 5 nitrogen and oxygen atoms in total. The third-order valence-corrected chi connectivity index (χ3v) is 4.12. The van der Waals surface area contributed by atoms with Gasteiger partial charge >= 0.3 is 0 Å². The van der Waals surface area contributed by atoms with E-state index in [1.807, 2.05) is 0 Å². The molecule has 0 saturated carbocycles. The molecule has 0 spiro atoms. The highest BCUT2D eigenvalue weighted by Gasteiger charge is 2.19. The van der Waals surface area contributed by atoms with E-state index >= 15 is 0 Å². The first kappa shape index (κ1) is 13.8. The summed E-state index contributed by atoms with van der Waals surface area (Å²) in [6, 6.07) is 4.52. The van der Waals surface area contributed by atoms with Crippen molar-refractivity contribution in [2.24, 2.45) is 0 Å². The zero-order valence-corrected chi connectivity index (χ0v) is 10.8. The molecule has 2 N–H and O–H groups in total. The molecule has 0 amide bonds. The minimum absolute atomic E-state index is 0.0289. The number of rotatable bonds is 6. The van der Waals surface area contributed by atoms with Gasteiger partial charge in [0.25, 0.3) is 0 Å². The van der Waals surface area contributed by atoms with Gasteiger partial charge in [0.2, 0.25) is 0 Å². The average Bonchev–Trinajstić information content (AvgIpc) is 2.28. The summed E-state index contributed by atoms with van der Waals surface area (Å²) in [5, 5.41) is 0. The zero-order valence-electron chi connectivity index (χ0n) is 9.97. The Morgan fingerprint density at radius 2 is 2.00 bits per heavy atom. The fraction of sp³-hybridized carbons (Fsp3) is 0.455. The van der Waals surface area contributed by atoms with Crippen LogP contribution in [0.25, 0.3) is 0 Å². The summed E-state index contributed by atoms with van der Waals surface area (Å²) in [6.45, 7) is 0.413. The van der Waals surface area contributed by atoms with Gasteiger partial charge in [0.1, 0.15) is 10.6 Å². The molecule has 0 bridgehead atoms. The largest absolute Gasteiger partial charge is 0.495 e. The fourth-order valence-corrected chi connectivity index (χ4v) is 2.89. The minimum atomic E-state index is -3.35. The first-order chi connectivity index (χ1) is 8.01. The predicted molar refractivity (Wildman–Crippen MR) is 66.0 cm³/mol. The minimum Gasteiger partial charge on any atom is -0.495 e. The number of methoxy groups -OCH3 is 2. The monoisotopic (exact) mass is 259 g/mol. The van der Waals surface area contributed by atoms with Crippen LogP contribution in [0.2, 0.25) is 0 Å². The van der Waals surface area contributed by atoms with E-state index in [0.717, 1.165) is 0 Å². The van der Waals surface area contributed by atoms with Crippen LogP contribution >= 0.6 is 0 Å². The van der Waals surface area contributed by atoms with Crippen LogP contribution in [-0.2, 0) is 14.6 Å². The topological polar surface area (TPSA) is 78.6 Å². The standard InChI is InChI=1S/C11H17NO4S/c1-15-6-3-7-17(13,14)11-5-4-9(12)8-10(11)16-2/h4-5,8H,3,6-7,12H2,1-2H3. The highest BCUT2D eigenvalue weighted by atomic mass is 32.2. The molecule has 0 aliphatic heterocycles. The Labute approximate surface area is 101 Å². The number of benzene rings is 1.